The van der Waals surface area contributed by atoms with E-state index in [0.717, 1.165) is 0 Å². The highest BCUT2D eigenvalue weighted by atomic mass is 32.2. The molecule has 134 valence electrons. The van der Waals surface area contributed by atoms with Crippen molar-refractivity contribution >= 4 is 19.8 Å². The van der Waals surface area contributed by atoms with Crippen LogP contribution in [0.3, 0.4) is 0 Å². The average molecular weight is 361 g/mol. The summed E-state index contributed by atoms with van der Waals surface area (Å²) in [7, 11) is -1.26. The molecule has 0 spiro atoms. The highest BCUT2D eigenvalue weighted by Crippen LogP contribution is 2.13. The van der Waals surface area contributed by atoms with Crippen LogP contribution in [0, 0.1) is 11.5 Å². The lowest BCUT2D eigenvalue weighted by Gasteiger charge is -2.04. The Morgan fingerprint density at radius 2 is 1.46 bits per heavy atom. The monoisotopic (exact) mass is 360 g/mol. The molecule has 0 nitrogen and oxygen atoms in total. The fourth-order valence-electron chi connectivity index (χ4n) is 2.50. The van der Waals surface area contributed by atoms with Crippen LogP contribution in [-0.2, 0) is 6.42 Å². The van der Waals surface area contributed by atoms with Gasteiger partial charge in [0.25, 0.3) is 0 Å². The van der Waals surface area contributed by atoms with Crippen LogP contribution in [-0.4, -0.2) is 19.6 Å². The molecule has 0 saturated heterocycles. The predicted molar refractivity (Wildman–Crippen MR) is 116 cm³/mol. The van der Waals surface area contributed by atoms with Crippen LogP contribution in [0.1, 0.15) is 63.0 Å². The first-order valence-electron chi connectivity index (χ1n) is 9.71. The second kappa shape index (κ2) is 12.7. The Balaban J connectivity index is 2.10. The van der Waals surface area contributed by atoms with E-state index < -0.39 is 8.07 Å². The van der Waals surface area contributed by atoms with Crippen molar-refractivity contribution in [3.05, 3.63) is 35.4 Å². The lowest BCUT2D eigenvalue weighted by molar-refractivity contribution is 0.609. The summed E-state index contributed by atoms with van der Waals surface area (Å²) >= 11 is 2.12. The fraction of sp³-hybridized carbons (Fsp3) is 0.636. The quantitative estimate of drug-likeness (QED) is 0.234. The number of aryl methyl sites for hydroxylation is 1. The Hall–Kier alpha value is -0.653. The number of unbranched alkanes of at least 4 members (excludes halogenated alkanes) is 5. The lowest BCUT2D eigenvalue weighted by atomic mass is 10.0. The smallest absolute Gasteiger partial charge is 0.129 e. The van der Waals surface area contributed by atoms with Gasteiger partial charge in [-0.15, -0.1) is 5.54 Å². The van der Waals surface area contributed by atoms with Gasteiger partial charge in [0.15, 0.2) is 0 Å². The van der Waals surface area contributed by atoms with Crippen molar-refractivity contribution in [2.75, 3.05) is 11.5 Å². The van der Waals surface area contributed by atoms with Gasteiger partial charge >= 0.3 is 0 Å². The Bertz CT molecular complexity index is 487. The zero-order valence-corrected chi connectivity index (χ0v) is 18.1. The molecule has 1 aromatic rings. The van der Waals surface area contributed by atoms with E-state index in [1.54, 1.807) is 0 Å². The van der Waals surface area contributed by atoms with E-state index in [0.29, 0.717) is 0 Å². The van der Waals surface area contributed by atoms with E-state index in [4.69, 9.17) is 0 Å². The van der Waals surface area contributed by atoms with Crippen LogP contribution >= 0.6 is 11.8 Å². The average Bonchev–Trinajstić information content (AvgIpc) is 2.55. The highest BCUT2D eigenvalue weighted by Gasteiger charge is 2.07. The van der Waals surface area contributed by atoms with E-state index >= 15 is 0 Å². The summed E-state index contributed by atoms with van der Waals surface area (Å²) in [6, 6.07) is 8.91. The van der Waals surface area contributed by atoms with Gasteiger partial charge in [-0.3, -0.25) is 0 Å². The van der Waals surface area contributed by atoms with Gasteiger partial charge in [-0.2, -0.15) is 11.8 Å². The maximum absolute atomic E-state index is 3.43. The first kappa shape index (κ1) is 21.4. The van der Waals surface area contributed by atoms with Crippen LogP contribution in [0.5, 0.6) is 0 Å². The Morgan fingerprint density at radius 1 is 0.833 bits per heavy atom. The van der Waals surface area contributed by atoms with Crippen molar-refractivity contribution < 1.29 is 0 Å². The van der Waals surface area contributed by atoms with Gasteiger partial charge in [0, 0.05) is 5.56 Å². The van der Waals surface area contributed by atoms with Gasteiger partial charge in [-0.05, 0) is 54.9 Å². The van der Waals surface area contributed by atoms with Crippen LogP contribution in [0.2, 0.25) is 19.6 Å². The minimum Gasteiger partial charge on any atom is -0.162 e. The maximum atomic E-state index is 3.43. The molecule has 0 N–H and O–H groups in total. The van der Waals surface area contributed by atoms with Crippen molar-refractivity contribution in [1.82, 2.24) is 0 Å². The summed E-state index contributed by atoms with van der Waals surface area (Å²) in [6.45, 7) is 9.14. The molecule has 0 aromatic heterocycles. The number of hydrogen-bond acceptors (Lipinski definition) is 1. The van der Waals surface area contributed by atoms with Gasteiger partial charge in [-0.1, -0.05) is 70.3 Å². The van der Waals surface area contributed by atoms with Gasteiger partial charge in [0.05, 0.1) is 0 Å². The van der Waals surface area contributed by atoms with Gasteiger partial charge < -0.3 is 0 Å². The summed E-state index contributed by atoms with van der Waals surface area (Å²) in [5.74, 6) is 6.03. The molecule has 0 radical (unpaired) electrons. The molecule has 0 atom stereocenters. The molecule has 1 aromatic carbocycles. The largest absolute Gasteiger partial charge is 0.162 e. The first-order chi connectivity index (χ1) is 11.5. The van der Waals surface area contributed by atoms with Crippen molar-refractivity contribution in [2.24, 2.45) is 0 Å². The van der Waals surface area contributed by atoms with E-state index in [1.165, 1.54) is 74.0 Å². The van der Waals surface area contributed by atoms with E-state index in [2.05, 4.69) is 74.1 Å². The van der Waals surface area contributed by atoms with Crippen molar-refractivity contribution in [3.8, 4) is 11.5 Å². The second-order valence-electron chi connectivity index (χ2n) is 7.68. The molecule has 0 amide bonds. The normalized spacial score (nSPS) is 11.2. The van der Waals surface area contributed by atoms with E-state index in [1.807, 2.05) is 0 Å². The summed E-state index contributed by atoms with van der Waals surface area (Å²) in [6.07, 6.45) is 10.9. The molecule has 0 fully saturated rings. The molecule has 0 aliphatic rings. The number of rotatable bonds is 11. The van der Waals surface area contributed by atoms with Gasteiger partial charge in [0.1, 0.15) is 8.07 Å². The summed E-state index contributed by atoms with van der Waals surface area (Å²) in [5.41, 5.74) is 6.06. The van der Waals surface area contributed by atoms with Crippen LogP contribution in [0.15, 0.2) is 24.3 Å². The number of thioether (sulfide) groups is 1. The third kappa shape index (κ3) is 11.8. The van der Waals surface area contributed by atoms with Crippen molar-refractivity contribution in [2.45, 2.75) is 77.9 Å². The SMILES string of the molecule is CCCSCCCCCCCCc1ccc(C#C[Si](C)(C)C)cc1. The van der Waals surface area contributed by atoms with Gasteiger partial charge in [0.2, 0.25) is 0 Å². The molecule has 0 aliphatic heterocycles. The molecule has 0 unspecified atom stereocenters. The third-order valence-corrected chi connectivity index (χ3v) is 6.04. The lowest BCUT2D eigenvalue weighted by Crippen LogP contribution is -2.16. The second-order valence-corrected chi connectivity index (χ2v) is 13.7. The summed E-state index contributed by atoms with van der Waals surface area (Å²) in [5, 5.41) is 0. The molecule has 2 heteroatoms. The van der Waals surface area contributed by atoms with Gasteiger partial charge in [-0.25, -0.2) is 0 Å². The molecular formula is C22H36SSi. The standard InChI is InChI=1S/C22H36SSi/c1-5-18-23-19-11-9-7-6-8-10-12-21-13-15-22(16-14-21)17-20-24(2,3)4/h13-16H,5-12,18-19H2,1-4H3. The van der Waals surface area contributed by atoms with Crippen LogP contribution < -0.4 is 0 Å². The minimum absolute atomic E-state index is 1.17. The molecular weight excluding hydrogens is 324 g/mol. The summed E-state index contributed by atoms with van der Waals surface area (Å²) < 4.78 is 0. The minimum atomic E-state index is -1.26. The van der Waals surface area contributed by atoms with Crippen molar-refractivity contribution in [1.29, 1.82) is 0 Å². The Labute approximate surface area is 156 Å². The zero-order valence-electron chi connectivity index (χ0n) is 16.3. The van der Waals surface area contributed by atoms with Crippen molar-refractivity contribution in [3.63, 3.8) is 0 Å². The highest BCUT2D eigenvalue weighted by molar-refractivity contribution is 7.99. The molecule has 24 heavy (non-hydrogen) atoms. The fourth-order valence-corrected chi connectivity index (χ4v) is 3.92. The molecule has 0 aliphatic carbocycles. The van der Waals surface area contributed by atoms with E-state index in [9.17, 15) is 0 Å². The molecule has 0 saturated carbocycles. The molecule has 1 rings (SSSR count). The number of hydrogen-bond donors (Lipinski definition) is 0. The first-order valence-corrected chi connectivity index (χ1v) is 14.4. The zero-order chi connectivity index (χ0) is 17.7. The predicted octanol–water partition coefficient (Wildman–Crippen LogP) is 6.94. The topological polar surface area (TPSA) is 0 Å². The van der Waals surface area contributed by atoms with Crippen LogP contribution in [0.25, 0.3) is 0 Å². The Morgan fingerprint density at radius 3 is 2.08 bits per heavy atom. The number of benzene rings is 1. The molecule has 0 bridgehead atoms. The summed E-state index contributed by atoms with van der Waals surface area (Å²) in [4.78, 5) is 0. The molecule has 0 heterocycles. The maximum Gasteiger partial charge on any atom is 0.129 e. The van der Waals surface area contributed by atoms with Crippen LogP contribution in [0.4, 0.5) is 0 Å². The van der Waals surface area contributed by atoms with E-state index in [-0.39, 0.29) is 0 Å². The third-order valence-electron chi connectivity index (χ3n) is 3.89. The Kier molecular flexibility index (Phi) is 11.3.